The molecule has 1 aromatic rings. The Morgan fingerprint density at radius 1 is 1.32 bits per heavy atom. The Hall–Kier alpha value is -2.74. The summed E-state index contributed by atoms with van der Waals surface area (Å²) < 4.78 is 0. The number of nitrogens with zero attached hydrogens (tertiary/aromatic N) is 1. The summed E-state index contributed by atoms with van der Waals surface area (Å²) in [5, 5.41) is 14.2. The van der Waals surface area contributed by atoms with E-state index in [1.807, 2.05) is 30.5 Å². The Bertz CT molecular complexity index is 610. The maximum absolute atomic E-state index is 11.2. The molecule has 1 aliphatic rings. The number of carbonyl (C=O) groups is 1. The van der Waals surface area contributed by atoms with E-state index in [4.69, 9.17) is 11.0 Å². The third-order valence-corrected chi connectivity index (χ3v) is 2.92. The summed E-state index contributed by atoms with van der Waals surface area (Å²) in [4.78, 5) is 11.2. The predicted molar refractivity (Wildman–Crippen MR) is 71.1 cm³/mol. The highest BCUT2D eigenvalue weighted by Crippen LogP contribution is 2.22. The van der Waals surface area contributed by atoms with Crippen molar-refractivity contribution >= 4 is 5.78 Å². The molecule has 96 valence electrons. The second-order valence-electron chi connectivity index (χ2n) is 4.24. The highest BCUT2D eigenvalue weighted by Gasteiger charge is 2.29. The van der Waals surface area contributed by atoms with Gasteiger partial charge in [-0.05, 0) is 11.1 Å². The van der Waals surface area contributed by atoms with Crippen molar-refractivity contribution in [2.45, 2.75) is 13.1 Å². The lowest BCUT2D eigenvalue weighted by atomic mass is 9.93. The van der Waals surface area contributed by atoms with Gasteiger partial charge in [-0.1, -0.05) is 30.8 Å². The van der Waals surface area contributed by atoms with Crippen molar-refractivity contribution in [3.05, 3.63) is 58.9 Å². The molecule has 5 nitrogen and oxygen atoms in total. The highest BCUT2D eigenvalue weighted by molar-refractivity contribution is 6.18. The summed E-state index contributed by atoms with van der Waals surface area (Å²) >= 11 is 0. The summed E-state index contributed by atoms with van der Waals surface area (Å²) in [6.07, 6.45) is 1.88. The average Bonchev–Trinajstić information content (AvgIpc) is 2.45. The number of hydrogen-bond donors (Lipinski definition) is 3. The van der Waals surface area contributed by atoms with Crippen LogP contribution in [0.1, 0.15) is 11.1 Å². The van der Waals surface area contributed by atoms with E-state index in [-0.39, 0.29) is 11.5 Å². The van der Waals surface area contributed by atoms with Crippen LogP contribution in [0.2, 0.25) is 0 Å². The number of hydrogen-bond acceptors (Lipinski definition) is 5. The Morgan fingerprint density at radius 3 is 2.63 bits per heavy atom. The first-order chi connectivity index (χ1) is 9.13. The molecule has 0 heterocycles. The fourth-order valence-corrected chi connectivity index (χ4v) is 1.87. The average molecular weight is 254 g/mol. The van der Waals surface area contributed by atoms with Gasteiger partial charge in [0.2, 0.25) is 5.78 Å². The van der Waals surface area contributed by atoms with Gasteiger partial charge in [0, 0.05) is 18.7 Å². The number of allylic oxidation sites excluding steroid dienone is 2. The number of nitrogens with two attached hydrogens (primary N) is 1. The largest absolute Gasteiger partial charge is 0.394 e. The molecule has 0 saturated heterocycles. The van der Waals surface area contributed by atoms with Gasteiger partial charge in [0.25, 0.3) is 0 Å². The van der Waals surface area contributed by atoms with Crippen LogP contribution in [0.5, 0.6) is 0 Å². The molecule has 1 aromatic carbocycles. The molecule has 19 heavy (non-hydrogen) atoms. The van der Waals surface area contributed by atoms with E-state index >= 15 is 0 Å². The number of nitriles is 1. The van der Waals surface area contributed by atoms with Crippen molar-refractivity contribution < 1.29 is 4.79 Å². The first-order valence-corrected chi connectivity index (χ1v) is 5.81. The molecule has 0 spiro atoms. The predicted octanol–water partition coefficient (Wildman–Crippen LogP) is 0.656. The lowest BCUT2D eigenvalue weighted by Gasteiger charge is -2.23. The number of benzene rings is 1. The van der Waals surface area contributed by atoms with Crippen molar-refractivity contribution in [1.29, 1.82) is 5.26 Å². The van der Waals surface area contributed by atoms with Gasteiger partial charge >= 0.3 is 0 Å². The molecule has 0 bridgehead atoms. The molecule has 2 rings (SSSR count). The monoisotopic (exact) mass is 254 g/mol. The SMILES string of the molecule is C=C1C(=O)C(N)=C1NCc1cccc(CNC#N)c1. The van der Waals surface area contributed by atoms with Crippen LogP contribution in [0, 0.1) is 11.5 Å². The molecule has 0 saturated carbocycles. The van der Waals surface area contributed by atoms with E-state index in [1.165, 1.54) is 0 Å². The van der Waals surface area contributed by atoms with Gasteiger partial charge in [0.1, 0.15) is 5.70 Å². The van der Waals surface area contributed by atoms with Gasteiger partial charge in [0.05, 0.1) is 5.70 Å². The zero-order valence-corrected chi connectivity index (χ0v) is 10.4. The van der Waals surface area contributed by atoms with Crippen molar-refractivity contribution in [1.82, 2.24) is 10.6 Å². The maximum atomic E-state index is 11.2. The minimum atomic E-state index is -0.186. The van der Waals surface area contributed by atoms with Gasteiger partial charge in [-0.25, -0.2) is 0 Å². The number of nitrogens with one attached hydrogen (secondary N) is 2. The van der Waals surface area contributed by atoms with Gasteiger partial charge < -0.3 is 16.4 Å². The molecule has 0 unspecified atom stereocenters. The summed E-state index contributed by atoms with van der Waals surface area (Å²) in [6.45, 7) is 4.71. The molecular weight excluding hydrogens is 240 g/mol. The quantitative estimate of drug-likeness (QED) is 0.408. The Kier molecular flexibility index (Phi) is 3.53. The van der Waals surface area contributed by atoms with Crippen LogP contribution >= 0.6 is 0 Å². The Morgan fingerprint density at radius 2 is 2.00 bits per heavy atom. The fraction of sp³-hybridized carbons (Fsp3) is 0.143. The summed E-state index contributed by atoms with van der Waals surface area (Å²) in [6, 6.07) is 7.80. The molecule has 0 aliphatic heterocycles. The minimum Gasteiger partial charge on any atom is -0.394 e. The second kappa shape index (κ2) is 5.27. The molecule has 0 atom stereocenters. The summed E-state index contributed by atoms with van der Waals surface area (Å²) in [7, 11) is 0. The van der Waals surface area contributed by atoms with Crippen molar-refractivity contribution in [3.63, 3.8) is 0 Å². The summed E-state index contributed by atoms with van der Waals surface area (Å²) in [5.41, 5.74) is 8.95. The van der Waals surface area contributed by atoms with Crippen LogP contribution < -0.4 is 16.4 Å². The highest BCUT2D eigenvalue weighted by atomic mass is 16.1. The lowest BCUT2D eigenvalue weighted by Crippen LogP contribution is -2.35. The Balaban J connectivity index is 1.99. The standard InChI is InChI=1S/C14H14N4O/c1-9-13(12(16)14(9)19)18-7-11-4-2-3-10(5-11)6-17-8-15/h2-5,17-18H,1,6-7,16H2. The number of carbonyl (C=O) groups excluding carboxylic acids is 1. The number of Topliss-reactive ketones (excluding diaryl/α,β-unsaturated/α-hetero) is 1. The molecule has 1 aliphatic carbocycles. The van der Waals surface area contributed by atoms with Crippen LogP contribution in [0.15, 0.2) is 47.8 Å². The fourth-order valence-electron chi connectivity index (χ4n) is 1.87. The van der Waals surface area contributed by atoms with Crippen molar-refractivity contribution in [2.75, 3.05) is 0 Å². The van der Waals surface area contributed by atoms with Crippen molar-refractivity contribution in [3.8, 4) is 6.19 Å². The first kappa shape index (κ1) is 12.7. The lowest BCUT2D eigenvalue weighted by molar-refractivity contribution is -0.113. The zero-order chi connectivity index (χ0) is 13.8. The normalized spacial score (nSPS) is 13.8. The van der Waals surface area contributed by atoms with Crippen LogP contribution in [0.4, 0.5) is 0 Å². The van der Waals surface area contributed by atoms with Crippen LogP contribution in [-0.2, 0) is 17.9 Å². The van der Waals surface area contributed by atoms with E-state index in [0.717, 1.165) is 11.1 Å². The smallest absolute Gasteiger partial charge is 0.212 e. The third-order valence-electron chi connectivity index (χ3n) is 2.92. The molecule has 5 heteroatoms. The maximum Gasteiger partial charge on any atom is 0.212 e. The van der Waals surface area contributed by atoms with Gasteiger partial charge in [0.15, 0.2) is 6.19 Å². The van der Waals surface area contributed by atoms with E-state index in [1.54, 1.807) is 0 Å². The molecule has 0 amide bonds. The molecule has 0 aromatic heterocycles. The molecule has 4 N–H and O–H groups in total. The van der Waals surface area contributed by atoms with E-state index < -0.39 is 0 Å². The van der Waals surface area contributed by atoms with Gasteiger partial charge in [-0.3, -0.25) is 4.79 Å². The van der Waals surface area contributed by atoms with E-state index in [2.05, 4.69) is 17.2 Å². The second-order valence-corrected chi connectivity index (χ2v) is 4.24. The van der Waals surface area contributed by atoms with Crippen LogP contribution in [0.25, 0.3) is 0 Å². The Labute approximate surface area is 111 Å². The molecule has 0 radical (unpaired) electrons. The van der Waals surface area contributed by atoms with Crippen LogP contribution in [-0.4, -0.2) is 5.78 Å². The zero-order valence-electron chi connectivity index (χ0n) is 10.4. The van der Waals surface area contributed by atoms with Gasteiger partial charge in [-0.15, -0.1) is 0 Å². The van der Waals surface area contributed by atoms with E-state index in [9.17, 15) is 4.79 Å². The van der Waals surface area contributed by atoms with E-state index in [0.29, 0.717) is 24.4 Å². The first-order valence-electron chi connectivity index (χ1n) is 5.81. The molecular formula is C14H14N4O. The van der Waals surface area contributed by atoms with Crippen LogP contribution in [0.3, 0.4) is 0 Å². The number of ketones is 1. The topological polar surface area (TPSA) is 90.9 Å². The third kappa shape index (κ3) is 2.58. The number of rotatable bonds is 5. The molecule has 0 fully saturated rings. The summed E-state index contributed by atoms with van der Waals surface area (Å²) in [5.74, 6) is -0.186. The van der Waals surface area contributed by atoms with Crippen molar-refractivity contribution in [2.24, 2.45) is 5.73 Å². The van der Waals surface area contributed by atoms with Gasteiger partial charge in [-0.2, -0.15) is 5.26 Å². The minimum absolute atomic E-state index is 0.186.